The molecule has 2 aliphatic heterocycles. The number of nitrogens with one attached hydrogen (secondary N) is 1. The van der Waals surface area contributed by atoms with Gasteiger partial charge in [0.25, 0.3) is 0 Å². The van der Waals surface area contributed by atoms with Crippen LogP contribution in [0.25, 0.3) is 0 Å². The molecule has 0 aromatic heterocycles. The van der Waals surface area contributed by atoms with Gasteiger partial charge in [0.05, 0.1) is 0 Å². The van der Waals surface area contributed by atoms with E-state index in [4.69, 9.17) is 9.47 Å². The third-order valence-electron chi connectivity index (χ3n) is 4.84. The van der Waals surface area contributed by atoms with Crippen LogP contribution in [0.15, 0.2) is 48.5 Å². The number of nitrogens with zero attached hydrogens (tertiary/aromatic N) is 2. The number of benzene rings is 2. The van der Waals surface area contributed by atoms with E-state index in [1.807, 2.05) is 23.1 Å². The van der Waals surface area contributed by atoms with Crippen molar-refractivity contribution in [1.29, 1.82) is 0 Å². The average molecular weight is 353 g/mol. The van der Waals surface area contributed by atoms with Crippen molar-refractivity contribution < 1.29 is 14.3 Å². The molecule has 2 aromatic rings. The van der Waals surface area contributed by atoms with Gasteiger partial charge in [-0.25, -0.2) is 4.79 Å². The molecule has 0 spiro atoms. The zero-order valence-corrected chi connectivity index (χ0v) is 14.7. The van der Waals surface area contributed by atoms with Gasteiger partial charge >= 0.3 is 6.03 Å². The fourth-order valence-electron chi connectivity index (χ4n) is 3.28. The largest absolute Gasteiger partial charge is 0.454 e. The Labute approximate surface area is 153 Å². The molecule has 0 radical (unpaired) electrons. The van der Waals surface area contributed by atoms with Crippen molar-refractivity contribution in [3.05, 3.63) is 54.1 Å². The minimum Gasteiger partial charge on any atom is -0.454 e. The fourth-order valence-corrected chi connectivity index (χ4v) is 3.28. The molecule has 2 aliphatic rings. The summed E-state index contributed by atoms with van der Waals surface area (Å²) < 4.78 is 10.6. The Hall–Kier alpha value is -2.73. The first-order chi connectivity index (χ1) is 12.8. The SMILES string of the molecule is O=C(Nc1ccc2c(c1)OCO2)N1CCN(CCc2ccccc2)CC1. The molecule has 136 valence electrons. The van der Waals surface area contributed by atoms with Crippen LogP contribution in [0.3, 0.4) is 0 Å². The van der Waals surface area contributed by atoms with Crippen LogP contribution in [-0.4, -0.2) is 55.3 Å². The number of fused-ring (bicyclic) bond motifs is 1. The summed E-state index contributed by atoms with van der Waals surface area (Å²) in [6, 6.07) is 15.9. The van der Waals surface area contributed by atoms with Crippen molar-refractivity contribution in [2.45, 2.75) is 6.42 Å². The van der Waals surface area contributed by atoms with E-state index >= 15 is 0 Å². The predicted octanol–water partition coefficient (Wildman–Crippen LogP) is 2.81. The molecule has 0 saturated carbocycles. The van der Waals surface area contributed by atoms with Crippen LogP contribution in [0.4, 0.5) is 10.5 Å². The average Bonchev–Trinajstić information content (AvgIpc) is 3.15. The Balaban J connectivity index is 1.24. The van der Waals surface area contributed by atoms with E-state index in [-0.39, 0.29) is 12.8 Å². The maximum atomic E-state index is 12.5. The van der Waals surface area contributed by atoms with Gasteiger partial charge in [0, 0.05) is 44.5 Å². The lowest BCUT2D eigenvalue weighted by Gasteiger charge is -2.34. The minimum atomic E-state index is -0.0634. The summed E-state index contributed by atoms with van der Waals surface area (Å²) in [6.45, 7) is 4.55. The topological polar surface area (TPSA) is 54.0 Å². The van der Waals surface area contributed by atoms with Crippen LogP contribution in [0.5, 0.6) is 11.5 Å². The molecule has 1 fully saturated rings. The van der Waals surface area contributed by atoms with E-state index in [2.05, 4.69) is 34.5 Å². The molecule has 2 heterocycles. The summed E-state index contributed by atoms with van der Waals surface area (Å²) >= 11 is 0. The monoisotopic (exact) mass is 353 g/mol. The highest BCUT2D eigenvalue weighted by Crippen LogP contribution is 2.34. The molecule has 26 heavy (non-hydrogen) atoms. The van der Waals surface area contributed by atoms with Gasteiger partial charge in [-0.3, -0.25) is 4.90 Å². The number of ether oxygens (including phenoxy) is 2. The maximum absolute atomic E-state index is 12.5. The van der Waals surface area contributed by atoms with E-state index in [0.717, 1.165) is 50.6 Å². The van der Waals surface area contributed by atoms with Gasteiger partial charge in [-0.05, 0) is 24.1 Å². The quantitative estimate of drug-likeness (QED) is 0.918. The van der Waals surface area contributed by atoms with Gasteiger partial charge in [0.2, 0.25) is 6.79 Å². The van der Waals surface area contributed by atoms with Crippen LogP contribution in [0.1, 0.15) is 5.56 Å². The molecule has 1 saturated heterocycles. The molecular weight excluding hydrogens is 330 g/mol. The van der Waals surface area contributed by atoms with Crippen molar-refractivity contribution in [2.24, 2.45) is 0 Å². The number of hydrogen-bond acceptors (Lipinski definition) is 4. The Morgan fingerprint density at radius 2 is 1.73 bits per heavy atom. The Kier molecular flexibility index (Phi) is 4.93. The van der Waals surface area contributed by atoms with Crippen molar-refractivity contribution in [3.63, 3.8) is 0 Å². The predicted molar refractivity (Wildman–Crippen MR) is 99.7 cm³/mol. The first-order valence-electron chi connectivity index (χ1n) is 9.00. The highest BCUT2D eigenvalue weighted by molar-refractivity contribution is 5.89. The summed E-state index contributed by atoms with van der Waals surface area (Å²) in [5.41, 5.74) is 2.08. The number of hydrogen-bond donors (Lipinski definition) is 1. The smallest absolute Gasteiger partial charge is 0.321 e. The number of piperazine rings is 1. The van der Waals surface area contributed by atoms with Gasteiger partial charge in [-0.2, -0.15) is 0 Å². The first-order valence-corrected chi connectivity index (χ1v) is 9.00. The summed E-state index contributed by atoms with van der Waals surface area (Å²) in [6.07, 6.45) is 1.05. The third kappa shape index (κ3) is 3.91. The lowest BCUT2D eigenvalue weighted by Crippen LogP contribution is -2.50. The molecule has 0 atom stereocenters. The van der Waals surface area contributed by atoms with Crippen molar-refractivity contribution in [2.75, 3.05) is 44.8 Å². The van der Waals surface area contributed by atoms with E-state index in [1.54, 1.807) is 6.07 Å². The molecule has 0 bridgehead atoms. The molecule has 2 amide bonds. The van der Waals surface area contributed by atoms with Crippen molar-refractivity contribution >= 4 is 11.7 Å². The molecule has 6 nitrogen and oxygen atoms in total. The Morgan fingerprint density at radius 3 is 2.54 bits per heavy atom. The van der Waals surface area contributed by atoms with E-state index in [9.17, 15) is 4.79 Å². The van der Waals surface area contributed by atoms with E-state index < -0.39 is 0 Å². The molecule has 6 heteroatoms. The second kappa shape index (κ2) is 7.66. The second-order valence-corrected chi connectivity index (χ2v) is 6.56. The van der Waals surface area contributed by atoms with E-state index in [0.29, 0.717) is 5.75 Å². The molecule has 2 aromatic carbocycles. The van der Waals surface area contributed by atoms with Crippen LogP contribution >= 0.6 is 0 Å². The summed E-state index contributed by atoms with van der Waals surface area (Å²) in [5, 5.41) is 2.95. The summed E-state index contributed by atoms with van der Waals surface area (Å²) in [5.74, 6) is 1.39. The van der Waals surface area contributed by atoms with Crippen molar-refractivity contribution in [1.82, 2.24) is 9.80 Å². The van der Waals surface area contributed by atoms with Crippen LogP contribution < -0.4 is 14.8 Å². The fraction of sp³-hybridized carbons (Fsp3) is 0.350. The zero-order valence-electron chi connectivity index (χ0n) is 14.7. The molecule has 0 unspecified atom stereocenters. The number of carbonyl (C=O) groups is 1. The van der Waals surface area contributed by atoms with E-state index in [1.165, 1.54) is 5.56 Å². The maximum Gasteiger partial charge on any atom is 0.321 e. The highest BCUT2D eigenvalue weighted by atomic mass is 16.7. The Bertz CT molecular complexity index is 758. The number of carbonyl (C=O) groups excluding carboxylic acids is 1. The van der Waals surface area contributed by atoms with Gasteiger partial charge in [0.1, 0.15) is 0 Å². The zero-order chi connectivity index (χ0) is 17.8. The highest BCUT2D eigenvalue weighted by Gasteiger charge is 2.21. The second-order valence-electron chi connectivity index (χ2n) is 6.56. The van der Waals surface area contributed by atoms with Crippen LogP contribution in [-0.2, 0) is 6.42 Å². The lowest BCUT2D eigenvalue weighted by atomic mass is 10.1. The van der Waals surface area contributed by atoms with Gasteiger partial charge in [-0.15, -0.1) is 0 Å². The van der Waals surface area contributed by atoms with Gasteiger partial charge in [-0.1, -0.05) is 30.3 Å². The number of rotatable bonds is 4. The Morgan fingerprint density at radius 1 is 0.962 bits per heavy atom. The summed E-state index contributed by atoms with van der Waals surface area (Å²) in [4.78, 5) is 16.8. The number of anilines is 1. The molecular formula is C20H23N3O3. The van der Waals surface area contributed by atoms with Crippen LogP contribution in [0.2, 0.25) is 0 Å². The lowest BCUT2D eigenvalue weighted by molar-refractivity contribution is 0.148. The normalized spacial score (nSPS) is 16.5. The number of urea groups is 1. The summed E-state index contributed by atoms with van der Waals surface area (Å²) in [7, 11) is 0. The van der Waals surface area contributed by atoms with Crippen LogP contribution in [0, 0.1) is 0 Å². The first kappa shape index (κ1) is 16.7. The molecule has 0 aliphatic carbocycles. The van der Waals surface area contributed by atoms with Gasteiger partial charge < -0.3 is 19.7 Å². The third-order valence-corrected chi connectivity index (χ3v) is 4.84. The van der Waals surface area contributed by atoms with Gasteiger partial charge in [0.15, 0.2) is 11.5 Å². The number of amides is 2. The minimum absolute atomic E-state index is 0.0634. The molecule has 4 rings (SSSR count). The van der Waals surface area contributed by atoms with Crippen molar-refractivity contribution in [3.8, 4) is 11.5 Å². The molecule has 1 N–H and O–H groups in total. The standard InChI is InChI=1S/C20H23N3O3/c24-20(21-17-6-7-18-19(14-17)26-15-25-18)23-12-10-22(11-13-23)9-8-16-4-2-1-3-5-16/h1-7,14H,8-13,15H2,(H,21,24).